The van der Waals surface area contributed by atoms with Crippen molar-refractivity contribution < 1.29 is 27.5 Å². The van der Waals surface area contributed by atoms with Gasteiger partial charge in [0, 0.05) is 23.9 Å². The zero-order valence-electron chi connectivity index (χ0n) is 18.7. The molecule has 7 heteroatoms. The summed E-state index contributed by atoms with van der Waals surface area (Å²) in [7, 11) is 0. The standard InChI is InChI=1S/C27H26F3NO3/c1-16(27(28,29)30)25(32)17-13-18-7-6-8-19(14-17)31(18)26(33)34-15-24-22-11-4-2-9-20(22)21-10-3-5-12-23(21)24/h2-5,9-12,17-19,24H,1,6-8,13-15H2. The van der Waals surface area contributed by atoms with Gasteiger partial charge in [0.1, 0.15) is 6.61 Å². The molecule has 2 unspecified atom stereocenters. The molecule has 4 nitrogen and oxygen atoms in total. The maximum absolute atomic E-state index is 13.2. The number of hydrogen-bond donors (Lipinski definition) is 0. The van der Waals surface area contributed by atoms with Crippen LogP contribution >= 0.6 is 0 Å². The highest BCUT2D eigenvalue weighted by atomic mass is 19.4. The molecule has 2 aliphatic heterocycles. The van der Waals surface area contributed by atoms with Crippen molar-refractivity contribution in [3.8, 4) is 11.1 Å². The molecule has 2 aromatic rings. The minimum absolute atomic E-state index is 0.0644. The number of amides is 1. The normalized spacial score (nSPS) is 23.7. The van der Waals surface area contributed by atoms with Gasteiger partial charge in [-0.25, -0.2) is 4.79 Å². The second kappa shape index (κ2) is 8.60. The third-order valence-corrected chi connectivity index (χ3v) is 7.53. The molecule has 34 heavy (non-hydrogen) atoms. The molecule has 1 aliphatic carbocycles. The molecule has 5 rings (SSSR count). The predicted octanol–water partition coefficient (Wildman–Crippen LogP) is 6.26. The van der Waals surface area contributed by atoms with Gasteiger partial charge in [0.2, 0.25) is 0 Å². The summed E-state index contributed by atoms with van der Waals surface area (Å²) in [4.78, 5) is 27.3. The lowest BCUT2D eigenvalue weighted by atomic mass is 9.76. The van der Waals surface area contributed by atoms with Gasteiger partial charge >= 0.3 is 12.3 Å². The number of allylic oxidation sites excluding steroid dienone is 1. The van der Waals surface area contributed by atoms with E-state index in [4.69, 9.17) is 4.74 Å². The molecular formula is C27H26F3NO3. The first-order chi connectivity index (χ1) is 16.3. The van der Waals surface area contributed by atoms with E-state index in [0.29, 0.717) is 12.8 Å². The first kappa shape index (κ1) is 22.7. The number of nitrogens with zero attached hydrogens (tertiary/aromatic N) is 1. The maximum Gasteiger partial charge on any atom is 0.419 e. The molecule has 3 aliphatic rings. The molecular weight excluding hydrogens is 443 g/mol. The van der Waals surface area contributed by atoms with E-state index in [9.17, 15) is 22.8 Å². The second-order valence-corrected chi connectivity index (χ2v) is 9.46. The quantitative estimate of drug-likeness (QED) is 0.497. The third-order valence-electron chi connectivity index (χ3n) is 7.53. The Morgan fingerprint density at radius 1 is 0.941 bits per heavy atom. The van der Waals surface area contributed by atoms with Crippen molar-refractivity contribution in [2.75, 3.05) is 6.61 Å². The number of fused-ring (bicyclic) bond motifs is 5. The highest BCUT2D eigenvalue weighted by molar-refractivity contribution is 5.98. The van der Waals surface area contributed by atoms with Crippen LogP contribution in [0.3, 0.4) is 0 Å². The monoisotopic (exact) mass is 469 g/mol. The molecule has 0 radical (unpaired) electrons. The number of hydrogen-bond acceptors (Lipinski definition) is 3. The van der Waals surface area contributed by atoms with Gasteiger partial charge in [-0.05, 0) is 54.4 Å². The van der Waals surface area contributed by atoms with Gasteiger partial charge in [0.25, 0.3) is 0 Å². The summed E-state index contributed by atoms with van der Waals surface area (Å²) in [5, 5.41) is 0. The molecule has 0 aromatic heterocycles. The van der Waals surface area contributed by atoms with Crippen LogP contribution in [-0.4, -0.2) is 41.6 Å². The van der Waals surface area contributed by atoms with Crippen LogP contribution in [0.5, 0.6) is 0 Å². The number of piperidine rings is 2. The molecule has 0 spiro atoms. The van der Waals surface area contributed by atoms with Gasteiger partial charge in [0.15, 0.2) is 5.78 Å². The highest BCUT2D eigenvalue weighted by Crippen LogP contribution is 2.45. The maximum atomic E-state index is 13.2. The Bertz CT molecular complexity index is 1080. The second-order valence-electron chi connectivity index (χ2n) is 9.46. The summed E-state index contributed by atoms with van der Waals surface area (Å²) in [5.74, 6) is -1.77. The number of ketones is 1. The van der Waals surface area contributed by atoms with E-state index >= 15 is 0 Å². The largest absolute Gasteiger partial charge is 0.448 e. The first-order valence-electron chi connectivity index (χ1n) is 11.7. The topological polar surface area (TPSA) is 46.6 Å². The van der Waals surface area contributed by atoms with E-state index in [0.717, 1.165) is 28.7 Å². The number of benzene rings is 2. The van der Waals surface area contributed by atoms with Gasteiger partial charge in [-0.15, -0.1) is 0 Å². The van der Waals surface area contributed by atoms with E-state index in [2.05, 4.69) is 18.7 Å². The molecule has 2 saturated heterocycles. The lowest BCUT2D eigenvalue weighted by Gasteiger charge is -2.47. The number of rotatable bonds is 4. The van der Waals surface area contributed by atoms with Crippen molar-refractivity contribution in [1.29, 1.82) is 0 Å². The molecule has 0 saturated carbocycles. The number of ether oxygens (including phenoxy) is 1. The van der Waals surface area contributed by atoms with E-state index in [1.807, 2.05) is 36.4 Å². The van der Waals surface area contributed by atoms with E-state index in [-0.39, 0.29) is 37.5 Å². The molecule has 2 atom stereocenters. The Kier molecular flexibility index (Phi) is 5.74. The molecule has 1 amide bonds. The van der Waals surface area contributed by atoms with E-state index < -0.39 is 29.5 Å². The van der Waals surface area contributed by atoms with Crippen molar-refractivity contribution in [3.05, 3.63) is 71.8 Å². The summed E-state index contributed by atoms with van der Waals surface area (Å²) in [6, 6.07) is 15.6. The average Bonchev–Trinajstić information content (AvgIpc) is 3.14. The summed E-state index contributed by atoms with van der Waals surface area (Å²) < 4.78 is 44.8. The Labute approximate surface area is 196 Å². The average molecular weight is 470 g/mol. The Hall–Kier alpha value is -3.09. The van der Waals surface area contributed by atoms with Gasteiger partial charge in [-0.2, -0.15) is 13.2 Å². The fourth-order valence-corrected chi connectivity index (χ4v) is 5.95. The molecule has 2 aromatic carbocycles. The van der Waals surface area contributed by atoms with Gasteiger partial charge in [-0.3, -0.25) is 4.79 Å². The van der Waals surface area contributed by atoms with Crippen LogP contribution < -0.4 is 0 Å². The smallest absolute Gasteiger partial charge is 0.419 e. The van der Waals surface area contributed by atoms with Crippen LogP contribution in [0.4, 0.5) is 18.0 Å². The molecule has 178 valence electrons. The van der Waals surface area contributed by atoms with Crippen molar-refractivity contribution in [2.24, 2.45) is 5.92 Å². The van der Waals surface area contributed by atoms with Crippen LogP contribution in [0.1, 0.15) is 49.1 Å². The number of carbonyl (C=O) groups excluding carboxylic acids is 2. The van der Waals surface area contributed by atoms with Crippen molar-refractivity contribution in [3.63, 3.8) is 0 Å². The zero-order chi connectivity index (χ0) is 24.0. The van der Waals surface area contributed by atoms with Gasteiger partial charge in [-0.1, -0.05) is 55.1 Å². The Morgan fingerprint density at radius 2 is 1.47 bits per heavy atom. The minimum atomic E-state index is -4.73. The lowest BCUT2D eigenvalue weighted by Crippen LogP contribution is -2.56. The van der Waals surface area contributed by atoms with Crippen LogP contribution in [0.2, 0.25) is 0 Å². The summed E-state index contributed by atoms with van der Waals surface area (Å²) in [6.07, 6.45) is -2.55. The number of halogens is 3. The summed E-state index contributed by atoms with van der Waals surface area (Å²) >= 11 is 0. The molecule has 2 heterocycles. The van der Waals surface area contributed by atoms with Crippen LogP contribution in [0, 0.1) is 5.92 Å². The van der Waals surface area contributed by atoms with Crippen molar-refractivity contribution >= 4 is 11.9 Å². The predicted molar refractivity (Wildman–Crippen MR) is 121 cm³/mol. The molecule has 0 N–H and O–H groups in total. The molecule has 2 bridgehead atoms. The van der Waals surface area contributed by atoms with Crippen molar-refractivity contribution in [2.45, 2.75) is 56.3 Å². The Morgan fingerprint density at radius 3 is 2.00 bits per heavy atom. The fraction of sp³-hybridized carbons (Fsp3) is 0.407. The van der Waals surface area contributed by atoms with E-state index in [1.54, 1.807) is 4.90 Å². The zero-order valence-corrected chi connectivity index (χ0v) is 18.7. The van der Waals surface area contributed by atoms with Gasteiger partial charge in [0.05, 0.1) is 5.57 Å². The lowest BCUT2D eigenvalue weighted by molar-refractivity contribution is -0.135. The van der Waals surface area contributed by atoms with E-state index in [1.165, 1.54) is 0 Å². The summed E-state index contributed by atoms with van der Waals surface area (Å²) in [5.41, 5.74) is 3.21. The number of Topliss-reactive ketones (excluding diaryl/α,β-unsaturated/α-hetero) is 1. The first-order valence-corrected chi connectivity index (χ1v) is 11.7. The summed E-state index contributed by atoms with van der Waals surface area (Å²) in [6.45, 7) is 3.17. The van der Waals surface area contributed by atoms with Gasteiger partial charge < -0.3 is 9.64 Å². The minimum Gasteiger partial charge on any atom is -0.448 e. The number of alkyl halides is 3. The third kappa shape index (κ3) is 3.91. The van der Waals surface area contributed by atoms with Crippen LogP contribution in [0.25, 0.3) is 11.1 Å². The Balaban J connectivity index is 1.29. The van der Waals surface area contributed by atoms with Crippen LogP contribution in [-0.2, 0) is 9.53 Å². The fourth-order valence-electron chi connectivity index (χ4n) is 5.95. The van der Waals surface area contributed by atoms with Crippen molar-refractivity contribution in [1.82, 2.24) is 4.90 Å². The molecule has 2 fully saturated rings. The van der Waals surface area contributed by atoms with Crippen LogP contribution in [0.15, 0.2) is 60.7 Å². The number of carbonyl (C=O) groups is 2. The SMILES string of the molecule is C=C(C(=O)C1CC2CCCC(C1)N2C(=O)OCC1c2ccccc2-c2ccccc21)C(F)(F)F. The highest BCUT2D eigenvalue weighted by Gasteiger charge is 2.47.